The third-order valence-corrected chi connectivity index (χ3v) is 5.42. The SMILES string of the molecule is NNC(=O)CN(c1cc(C(F)(F)F)ccc1Cl)S(=O)(=O)c1ccccc1. The number of nitrogens with two attached hydrogens (primary N) is 1. The smallest absolute Gasteiger partial charge is 0.293 e. The Labute approximate surface area is 152 Å². The number of benzene rings is 2. The van der Waals surface area contributed by atoms with E-state index in [1.54, 1.807) is 11.5 Å². The number of nitrogens with one attached hydrogen (secondary N) is 1. The molecule has 140 valence electrons. The van der Waals surface area contributed by atoms with E-state index in [-0.39, 0.29) is 9.92 Å². The number of sulfonamides is 1. The number of amides is 1. The Morgan fingerprint density at radius 1 is 1.15 bits per heavy atom. The monoisotopic (exact) mass is 407 g/mol. The molecule has 1 amide bonds. The molecule has 0 aliphatic carbocycles. The van der Waals surface area contributed by atoms with Gasteiger partial charge in [0, 0.05) is 0 Å². The van der Waals surface area contributed by atoms with E-state index < -0.39 is 39.9 Å². The second-order valence-corrected chi connectivity index (χ2v) is 7.33. The van der Waals surface area contributed by atoms with Crippen LogP contribution in [0.4, 0.5) is 18.9 Å². The molecule has 0 fully saturated rings. The molecule has 0 unspecified atom stereocenters. The molecule has 11 heteroatoms. The maximum Gasteiger partial charge on any atom is 0.416 e. The van der Waals surface area contributed by atoms with E-state index >= 15 is 0 Å². The van der Waals surface area contributed by atoms with Crippen LogP contribution in [0.3, 0.4) is 0 Å². The lowest BCUT2D eigenvalue weighted by molar-refractivity contribution is -0.137. The van der Waals surface area contributed by atoms with E-state index in [0.29, 0.717) is 16.4 Å². The topological polar surface area (TPSA) is 92.5 Å². The Bertz CT molecular complexity index is 905. The van der Waals surface area contributed by atoms with Gasteiger partial charge in [-0.05, 0) is 30.3 Å². The molecule has 0 saturated heterocycles. The third kappa shape index (κ3) is 4.26. The molecule has 6 nitrogen and oxygen atoms in total. The van der Waals surface area contributed by atoms with Crippen molar-refractivity contribution in [3.63, 3.8) is 0 Å². The van der Waals surface area contributed by atoms with Crippen LogP contribution in [-0.4, -0.2) is 20.9 Å². The van der Waals surface area contributed by atoms with Crippen molar-refractivity contribution in [2.45, 2.75) is 11.1 Å². The summed E-state index contributed by atoms with van der Waals surface area (Å²) in [6, 6.07) is 9.09. The number of rotatable bonds is 5. The molecule has 0 atom stereocenters. The molecule has 0 aromatic heterocycles. The molecular formula is C15H13ClF3N3O3S. The Balaban J connectivity index is 2.65. The quantitative estimate of drug-likeness (QED) is 0.452. The molecule has 26 heavy (non-hydrogen) atoms. The van der Waals surface area contributed by atoms with E-state index in [1.807, 2.05) is 0 Å². The highest BCUT2D eigenvalue weighted by molar-refractivity contribution is 7.92. The largest absolute Gasteiger partial charge is 0.416 e. The zero-order valence-corrected chi connectivity index (χ0v) is 14.6. The summed E-state index contributed by atoms with van der Waals surface area (Å²) >= 11 is 5.92. The fourth-order valence-electron chi connectivity index (χ4n) is 2.08. The van der Waals surface area contributed by atoms with Gasteiger partial charge in [0.15, 0.2) is 0 Å². The molecular weight excluding hydrogens is 395 g/mol. The minimum absolute atomic E-state index is 0.224. The first-order valence-corrected chi connectivity index (χ1v) is 8.83. The van der Waals surface area contributed by atoms with Gasteiger partial charge in [-0.2, -0.15) is 13.2 Å². The van der Waals surface area contributed by atoms with E-state index in [9.17, 15) is 26.4 Å². The van der Waals surface area contributed by atoms with E-state index in [1.165, 1.54) is 24.3 Å². The summed E-state index contributed by atoms with van der Waals surface area (Å²) in [7, 11) is -4.38. The lowest BCUT2D eigenvalue weighted by Crippen LogP contribution is -2.43. The van der Waals surface area contributed by atoms with Gasteiger partial charge < -0.3 is 0 Å². The predicted molar refractivity (Wildman–Crippen MR) is 89.8 cm³/mol. The Morgan fingerprint density at radius 3 is 2.31 bits per heavy atom. The number of hydrogen-bond donors (Lipinski definition) is 2. The fraction of sp³-hybridized carbons (Fsp3) is 0.133. The van der Waals surface area contributed by atoms with Gasteiger partial charge in [0.25, 0.3) is 15.9 Å². The summed E-state index contributed by atoms with van der Waals surface area (Å²) in [5.74, 6) is 4.05. The highest BCUT2D eigenvalue weighted by Crippen LogP contribution is 2.37. The molecule has 2 aromatic carbocycles. The average Bonchev–Trinajstić information content (AvgIpc) is 2.59. The highest BCUT2D eigenvalue weighted by Gasteiger charge is 2.34. The normalized spacial score (nSPS) is 11.9. The predicted octanol–water partition coefficient (Wildman–Crippen LogP) is 2.54. The van der Waals surface area contributed by atoms with Crippen LogP contribution in [0.5, 0.6) is 0 Å². The molecule has 0 heterocycles. The molecule has 0 radical (unpaired) electrons. The lowest BCUT2D eigenvalue weighted by Gasteiger charge is -2.25. The second-order valence-electron chi connectivity index (χ2n) is 5.06. The zero-order valence-electron chi connectivity index (χ0n) is 13.0. The minimum Gasteiger partial charge on any atom is -0.293 e. The Morgan fingerprint density at radius 2 is 1.77 bits per heavy atom. The molecule has 0 aliphatic heterocycles. The van der Waals surface area contributed by atoms with Gasteiger partial charge in [-0.3, -0.25) is 14.5 Å². The molecule has 2 aromatic rings. The van der Waals surface area contributed by atoms with Crippen molar-refractivity contribution >= 4 is 33.2 Å². The molecule has 0 aliphatic rings. The molecule has 0 bridgehead atoms. The van der Waals surface area contributed by atoms with Crippen LogP contribution < -0.4 is 15.6 Å². The van der Waals surface area contributed by atoms with Crippen molar-refractivity contribution in [1.82, 2.24) is 5.43 Å². The minimum atomic E-state index is -4.72. The average molecular weight is 408 g/mol. The Hall–Kier alpha value is -2.30. The Kier molecular flexibility index (Phi) is 5.79. The number of hydrogen-bond acceptors (Lipinski definition) is 4. The number of nitrogens with zero attached hydrogens (tertiary/aromatic N) is 1. The first-order chi connectivity index (χ1) is 12.1. The maximum absolute atomic E-state index is 13.0. The first kappa shape index (κ1) is 20.0. The van der Waals surface area contributed by atoms with Crippen molar-refractivity contribution in [1.29, 1.82) is 0 Å². The maximum atomic E-state index is 13.0. The summed E-state index contributed by atoms with van der Waals surface area (Å²) in [6.45, 7) is -0.852. The van der Waals surface area contributed by atoms with Crippen LogP contribution in [0.25, 0.3) is 0 Å². The van der Waals surface area contributed by atoms with Gasteiger partial charge in [0.05, 0.1) is 21.2 Å². The van der Waals surface area contributed by atoms with Crippen LogP contribution in [0.15, 0.2) is 53.4 Å². The van der Waals surface area contributed by atoms with E-state index in [4.69, 9.17) is 17.4 Å². The lowest BCUT2D eigenvalue weighted by atomic mass is 10.2. The van der Waals surface area contributed by atoms with Crippen LogP contribution >= 0.6 is 11.6 Å². The summed E-state index contributed by atoms with van der Waals surface area (Å²) in [4.78, 5) is 11.4. The number of carbonyl (C=O) groups excluding carboxylic acids is 1. The van der Waals surface area contributed by atoms with Gasteiger partial charge in [0.1, 0.15) is 6.54 Å². The molecule has 2 rings (SSSR count). The van der Waals surface area contributed by atoms with Crippen molar-refractivity contribution in [2.75, 3.05) is 10.8 Å². The molecule has 0 spiro atoms. The van der Waals surface area contributed by atoms with Crippen LogP contribution in [-0.2, 0) is 21.0 Å². The summed E-state index contributed by atoms with van der Waals surface area (Å²) in [5, 5.41) is -0.276. The number of halogens is 4. The van der Waals surface area contributed by atoms with Crippen molar-refractivity contribution in [3.8, 4) is 0 Å². The number of alkyl halides is 3. The van der Waals surface area contributed by atoms with Crippen LogP contribution in [0.2, 0.25) is 5.02 Å². The first-order valence-electron chi connectivity index (χ1n) is 7.01. The van der Waals surface area contributed by atoms with Gasteiger partial charge in [0.2, 0.25) is 0 Å². The fourth-order valence-corrected chi connectivity index (χ4v) is 3.80. The number of hydrazine groups is 1. The van der Waals surface area contributed by atoms with E-state index in [0.717, 1.165) is 6.07 Å². The second kappa shape index (κ2) is 7.52. The zero-order chi connectivity index (χ0) is 19.5. The number of carbonyl (C=O) groups is 1. The van der Waals surface area contributed by atoms with Gasteiger partial charge >= 0.3 is 6.18 Å². The van der Waals surface area contributed by atoms with Crippen molar-refractivity contribution < 1.29 is 26.4 Å². The summed E-state index contributed by atoms with van der Waals surface area (Å²) in [6.07, 6.45) is -4.72. The van der Waals surface area contributed by atoms with Crippen LogP contribution in [0, 0.1) is 0 Å². The van der Waals surface area contributed by atoms with Gasteiger partial charge in [-0.15, -0.1) is 0 Å². The number of anilines is 1. The summed E-state index contributed by atoms with van der Waals surface area (Å²) < 4.78 is 65.2. The standard InChI is InChI=1S/C15H13ClF3N3O3S/c16-12-7-6-10(15(17,18)19)8-13(12)22(9-14(23)21-20)26(24,25)11-4-2-1-3-5-11/h1-8H,9,20H2,(H,21,23). The van der Waals surface area contributed by atoms with Crippen molar-refractivity contribution in [3.05, 3.63) is 59.1 Å². The summed E-state index contributed by atoms with van der Waals surface area (Å²) in [5.41, 5.74) is 0.138. The van der Waals surface area contributed by atoms with Crippen LogP contribution in [0.1, 0.15) is 5.56 Å². The third-order valence-electron chi connectivity index (χ3n) is 3.32. The van der Waals surface area contributed by atoms with E-state index in [2.05, 4.69) is 0 Å². The molecule has 3 N–H and O–H groups in total. The van der Waals surface area contributed by atoms with Gasteiger partial charge in [-0.1, -0.05) is 29.8 Å². The highest BCUT2D eigenvalue weighted by atomic mass is 35.5. The van der Waals surface area contributed by atoms with Crippen molar-refractivity contribution in [2.24, 2.45) is 5.84 Å². The molecule has 0 saturated carbocycles. The van der Waals surface area contributed by atoms with Gasteiger partial charge in [-0.25, -0.2) is 14.3 Å².